The zero-order valence-corrected chi connectivity index (χ0v) is 15.7. The molecule has 0 fully saturated rings. The van der Waals surface area contributed by atoms with Crippen LogP contribution in [0.1, 0.15) is 17.4 Å². The molecule has 25 heavy (non-hydrogen) atoms. The minimum absolute atomic E-state index is 0.210. The fourth-order valence-corrected chi connectivity index (χ4v) is 2.99. The van der Waals surface area contributed by atoms with Crippen LogP contribution in [0.15, 0.2) is 52.1 Å². The molecular weight excluding hydrogens is 386 g/mol. The topological polar surface area (TPSA) is 74.0 Å². The van der Waals surface area contributed by atoms with Crippen molar-refractivity contribution >= 4 is 21.6 Å². The summed E-state index contributed by atoms with van der Waals surface area (Å²) in [4.78, 5) is 16.6. The van der Waals surface area contributed by atoms with Gasteiger partial charge in [-0.25, -0.2) is 9.67 Å². The van der Waals surface area contributed by atoms with Crippen LogP contribution in [0.25, 0.3) is 0 Å². The highest BCUT2D eigenvalue weighted by Crippen LogP contribution is 2.28. The third kappa shape index (κ3) is 3.43. The Bertz CT molecular complexity index is 933. The second-order valence-electron chi connectivity index (χ2n) is 5.55. The van der Waals surface area contributed by atoms with Gasteiger partial charge in [0.15, 0.2) is 0 Å². The number of anilines is 1. The van der Waals surface area contributed by atoms with Gasteiger partial charge in [0.25, 0.3) is 5.56 Å². The molecule has 1 unspecified atom stereocenters. The van der Waals surface area contributed by atoms with E-state index in [9.17, 15) is 4.79 Å². The molecule has 130 valence electrons. The molecule has 0 amide bonds. The number of halogens is 1. The van der Waals surface area contributed by atoms with Crippen LogP contribution in [0.3, 0.4) is 0 Å². The van der Waals surface area contributed by atoms with Crippen LogP contribution >= 0.6 is 15.9 Å². The number of methoxy groups -OCH3 is 1. The quantitative estimate of drug-likeness (QED) is 0.708. The molecule has 0 spiro atoms. The van der Waals surface area contributed by atoms with Crippen LogP contribution in [0.2, 0.25) is 0 Å². The smallest absolute Gasteiger partial charge is 0.282 e. The van der Waals surface area contributed by atoms with Gasteiger partial charge in [0.2, 0.25) is 0 Å². The number of nitrogens with one attached hydrogen (secondary N) is 1. The number of rotatable bonds is 5. The van der Waals surface area contributed by atoms with Gasteiger partial charge in [-0.3, -0.25) is 4.79 Å². The maximum atomic E-state index is 12.1. The maximum Gasteiger partial charge on any atom is 0.282 e. The Morgan fingerprint density at radius 3 is 2.56 bits per heavy atom. The van der Waals surface area contributed by atoms with Crippen molar-refractivity contribution in [1.82, 2.24) is 19.3 Å². The van der Waals surface area contributed by atoms with Gasteiger partial charge in [-0.1, -0.05) is 12.1 Å². The van der Waals surface area contributed by atoms with Crippen molar-refractivity contribution in [2.75, 3.05) is 12.4 Å². The van der Waals surface area contributed by atoms with E-state index in [0.717, 1.165) is 17.1 Å². The maximum absolute atomic E-state index is 12.1. The first-order valence-electron chi connectivity index (χ1n) is 7.60. The van der Waals surface area contributed by atoms with Crippen LogP contribution < -0.4 is 15.6 Å². The predicted octanol–water partition coefficient (Wildman–Crippen LogP) is 2.49. The van der Waals surface area contributed by atoms with Crippen LogP contribution in [0, 0.1) is 0 Å². The molecule has 2 aromatic heterocycles. The third-order valence-electron chi connectivity index (χ3n) is 3.94. The summed E-state index contributed by atoms with van der Waals surface area (Å²) < 4.78 is 8.87. The largest absolute Gasteiger partial charge is 0.497 e. The summed E-state index contributed by atoms with van der Waals surface area (Å²) in [5, 5.41) is 7.45. The zero-order valence-electron chi connectivity index (χ0n) is 14.1. The summed E-state index contributed by atoms with van der Waals surface area (Å²) in [6.07, 6.45) is 5.24. The van der Waals surface area contributed by atoms with Gasteiger partial charge in [0.05, 0.1) is 19.0 Å². The van der Waals surface area contributed by atoms with Crippen LogP contribution in [-0.2, 0) is 14.1 Å². The Morgan fingerprint density at radius 1 is 1.24 bits per heavy atom. The monoisotopic (exact) mass is 403 g/mol. The summed E-state index contributed by atoms with van der Waals surface area (Å²) in [6, 6.07) is 7.46. The van der Waals surface area contributed by atoms with Gasteiger partial charge in [-0.05, 0) is 33.6 Å². The van der Waals surface area contributed by atoms with E-state index < -0.39 is 0 Å². The van der Waals surface area contributed by atoms with Gasteiger partial charge in [0, 0.05) is 26.5 Å². The van der Waals surface area contributed by atoms with E-state index in [1.54, 1.807) is 26.6 Å². The van der Waals surface area contributed by atoms with Crippen molar-refractivity contribution in [2.24, 2.45) is 14.1 Å². The normalized spacial score (nSPS) is 12.0. The van der Waals surface area contributed by atoms with Gasteiger partial charge in [0.1, 0.15) is 22.1 Å². The Morgan fingerprint density at radius 2 is 1.96 bits per heavy atom. The summed E-state index contributed by atoms with van der Waals surface area (Å²) in [5.41, 5.74) is 1.38. The molecule has 2 heterocycles. The second-order valence-corrected chi connectivity index (χ2v) is 6.34. The van der Waals surface area contributed by atoms with Crippen molar-refractivity contribution < 1.29 is 4.74 Å². The average Bonchev–Trinajstić information content (AvgIpc) is 3.05. The summed E-state index contributed by atoms with van der Waals surface area (Å²) in [7, 11) is 5.17. The molecule has 0 aliphatic heterocycles. The van der Waals surface area contributed by atoms with Crippen molar-refractivity contribution in [3.63, 3.8) is 0 Å². The number of benzene rings is 1. The lowest BCUT2D eigenvalue weighted by Crippen LogP contribution is -2.23. The number of imidazole rings is 1. The minimum Gasteiger partial charge on any atom is -0.497 e. The number of aryl methyl sites for hydroxylation is 2. The average molecular weight is 404 g/mol. The van der Waals surface area contributed by atoms with Gasteiger partial charge in [-0.15, -0.1) is 0 Å². The van der Waals surface area contributed by atoms with Crippen molar-refractivity contribution in [3.05, 3.63) is 69.1 Å². The highest BCUT2D eigenvalue weighted by atomic mass is 79.9. The highest BCUT2D eigenvalue weighted by Gasteiger charge is 2.20. The predicted molar refractivity (Wildman–Crippen MR) is 98.8 cm³/mol. The lowest BCUT2D eigenvalue weighted by atomic mass is 10.1. The molecule has 1 aromatic carbocycles. The second kappa shape index (κ2) is 7.10. The van der Waals surface area contributed by atoms with Crippen LogP contribution in [0.5, 0.6) is 5.75 Å². The van der Waals surface area contributed by atoms with Crippen molar-refractivity contribution in [1.29, 1.82) is 0 Å². The molecule has 0 aliphatic rings. The van der Waals surface area contributed by atoms with Gasteiger partial charge < -0.3 is 14.6 Å². The lowest BCUT2D eigenvalue weighted by Gasteiger charge is -2.21. The molecule has 0 saturated heterocycles. The Kier molecular flexibility index (Phi) is 4.89. The molecule has 0 saturated carbocycles. The molecular formula is C17H18BrN5O2. The molecule has 1 atom stereocenters. The molecule has 3 aromatic rings. The Balaban J connectivity index is 2.04. The molecule has 8 heteroatoms. The van der Waals surface area contributed by atoms with E-state index in [1.807, 2.05) is 42.1 Å². The van der Waals surface area contributed by atoms with E-state index in [0.29, 0.717) is 10.2 Å². The van der Waals surface area contributed by atoms with E-state index >= 15 is 0 Å². The van der Waals surface area contributed by atoms with Crippen LogP contribution in [-0.4, -0.2) is 26.4 Å². The van der Waals surface area contributed by atoms with Crippen molar-refractivity contribution in [2.45, 2.75) is 6.04 Å². The number of aromatic nitrogens is 4. The Hall–Kier alpha value is -2.61. The molecule has 1 N–H and O–H groups in total. The first kappa shape index (κ1) is 17.2. The van der Waals surface area contributed by atoms with Crippen molar-refractivity contribution in [3.8, 4) is 5.75 Å². The number of ether oxygens (including phenoxy) is 1. The molecule has 0 aliphatic carbocycles. The third-order valence-corrected chi connectivity index (χ3v) is 4.71. The number of hydrogen-bond donors (Lipinski definition) is 1. The first-order valence-corrected chi connectivity index (χ1v) is 8.40. The SMILES string of the molecule is COc1ccc(C(Nc2cnn(C)c(=O)c2Br)c2nccn2C)cc1. The van der Waals surface area contributed by atoms with E-state index in [1.165, 1.54) is 4.68 Å². The standard InChI is InChI=1S/C17H18BrN5O2/c1-22-9-8-19-16(22)15(11-4-6-12(25-3)7-5-11)21-13-10-20-23(2)17(24)14(13)18/h4-10,15,21H,1-3H3. The Labute approximate surface area is 153 Å². The molecule has 0 radical (unpaired) electrons. The number of hydrogen-bond acceptors (Lipinski definition) is 5. The van der Waals surface area contributed by atoms with Crippen LogP contribution in [0.4, 0.5) is 5.69 Å². The van der Waals surface area contributed by atoms with E-state index in [2.05, 4.69) is 31.3 Å². The lowest BCUT2D eigenvalue weighted by molar-refractivity contribution is 0.414. The molecule has 0 bridgehead atoms. The summed E-state index contributed by atoms with van der Waals surface area (Å²) in [6.45, 7) is 0. The summed E-state index contributed by atoms with van der Waals surface area (Å²) >= 11 is 3.35. The highest BCUT2D eigenvalue weighted by molar-refractivity contribution is 9.10. The minimum atomic E-state index is -0.254. The van der Waals surface area contributed by atoms with Gasteiger partial charge >= 0.3 is 0 Å². The zero-order chi connectivity index (χ0) is 18.0. The fraction of sp³-hybridized carbons (Fsp3) is 0.235. The molecule has 7 nitrogen and oxygen atoms in total. The first-order chi connectivity index (χ1) is 12.0. The molecule has 3 rings (SSSR count). The van der Waals surface area contributed by atoms with E-state index in [4.69, 9.17) is 4.74 Å². The van der Waals surface area contributed by atoms with Gasteiger partial charge in [-0.2, -0.15) is 5.10 Å². The fourth-order valence-electron chi connectivity index (χ4n) is 2.52. The summed E-state index contributed by atoms with van der Waals surface area (Å²) in [5.74, 6) is 1.59. The van der Waals surface area contributed by atoms with E-state index in [-0.39, 0.29) is 11.6 Å². The number of nitrogens with zero attached hydrogens (tertiary/aromatic N) is 4.